The van der Waals surface area contributed by atoms with Crippen molar-refractivity contribution in [2.24, 2.45) is 0 Å². The smallest absolute Gasteiger partial charge is 0.408 e. The molecule has 1 N–H and O–H groups in total. The van der Waals surface area contributed by atoms with Gasteiger partial charge < -0.3 is 19.9 Å². The Morgan fingerprint density at radius 3 is 2.25 bits per heavy atom. The van der Waals surface area contributed by atoms with Crippen molar-refractivity contribution in [2.45, 2.75) is 32.4 Å². The zero-order valence-electron chi connectivity index (χ0n) is 12.7. The Morgan fingerprint density at radius 1 is 1.25 bits per heavy atom. The molecule has 7 heteroatoms. The Balaban J connectivity index is 2.53. The van der Waals surface area contributed by atoms with E-state index >= 15 is 0 Å². The minimum Gasteiger partial charge on any atom is -0.444 e. The highest BCUT2D eigenvalue weighted by Gasteiger charge is 2.28. The number of rotatable bonds is 3. The summed E-state index contributed by atoms with van der Waals surface area (Å²) >= 11 is 4.15. The van der Waals surface area contributed by atoms with Crippen molar-refractivity contribution in [1.29, 1.82) is 0 Å². The van der Waals surface area contributed by atoms with Gasteiger partial charge >= 0.3 is 6.09 Å². The molecule has 1 aliphatic heterocycles. The van der Waals surface area contributed by atoms with Crippen LogP contribution in [0.5, 0.6) is 0 Å². The van der Waals surface area contributed by atoms with Crippen LogP contribution in [-0.4, -0.2) is 72.4 Å². The summed E-state index contributed by atoms with van der Waals surface area (Å²) in [6.07, 6.45) is -0.584. The van der Waals surface area contributed by atoms with E-state index in [2.05, 4.69) is 22.8 Å². The maximum Gasteiger partial charge on any atom is 0.408 e. The van der Waals surface area contributed by atoms with Gasteiger partial charge in [0.1, 0.15) is 11.6 Å². The second kappa shape index (κ2) is 7.17. The molecule has 0 unspecified atom stereocenters. The van der Waals surface area contributed by atoms with E-state index in [1.54, 1.807) is 25.7 Å². The van der Waals surface area contributed by atoms with Crippen LogP contribution in [0.2, 0.25) is 0 Å². The minimum atomic E-state index is -0.642. The van der Waals surface area contributed by atoms with Gasteiger partial charge in [0.05, 0.1) is 0 Å². The maximum absolute atomic E-state index is 12.3. The number of hydrogen-bond acceptors (Lipinski definition) is 5. The van der Waals surface area contributed by atoms with Gasteiger partial charge in [0.2, 0.25) is 5.91 Å². The Bertz CT molecular complexity index is 349. The molecular formula is C13H25N3O3S. The van der Waals surface area contributed by atoms with Gasteiger partial charge in [-0.1, -0.05) is 0 Å². The van der Waals surface area contributed by atoms with Crippen LogP contribution >= 0.6 is 12.6 Å². The van der Waals surface area contributed by atoms with E-state index in [9.17, 15) is 9.59 Å². The fourth-order valence-electron chi connectivity index (χ4n) is 1.88. The molecule has 0 aliphatic carbocycles. The first-order valence-corrected chi connectivity index (χ1v) is 7.44. The van der Waals surface area contributed by atoms with Gasteiger partial charge in [-0.05, 0) is 27.8 Å². The summed E-state index contributed by atoms with van der Waals surface area (Å²) in [5.74, 6) is 0.156. The Kier molecular flexibility index (Phi) is 6.13. The van der Waals surface area contributed by atoms with E-state index in [-0.39, 0.29) is 11.7 Å². The highest BCUT2D eigenvalue weighted by molar-refractivity contribution is 7.80. The normalized spacial score (nSPS) is 18.6. The van der Waals surface area contributed by atoms with E-state index in [0.717, 1.165) is 13.1 Å². The van der Waals surface area contributed by atoms with Crippen molar-refractivity contribution in [3.05, 3.63) is 0 Å². The fourth-order valence-corrected chi connectivity index (χ4v) is 2.13. The Labute approximate surface area is 126 Å². The van der Waals surface area contributed by atoms with Gasteiger partial charge in [0.25, 0.3) is 0 Å². The van der Waals surface area contributed by atoms with E-state index < -0.39 is 17.7 Å². The number of carbonyl (C=O) groups excluding carboxylic acids is 2. The number of carbonyl (C=O) groups is 2. The molecule has 0 aromatic carbocycles. The third-order valence-electron chi connectivity index (χ3n) is 2.99. The molecule has 1 fully saturated rings. The molecule has 1 heterocycles. The van der Waals surface area contributed by atoms with Gasteiger partial charge in [0, 0.05) is 31.9 Å². The molecule has 0 aromatic rings. The highest BCUT2D eigenvalue weighted by Crippen LogP contribution is 2.08. The van der Waals surface area contributed by atoms with Crippen molar-refractivity contribution >= 4 is 24.6 Å². The number of piperazine rings is 1. The minimum absolute atomic E-state index is 0.0982. The van der Waals surface area contributed by atoms with Gasteiger partial charge in [-0.25, -0.2) is 4.79 Å². The summed E-state index contributed by atoms with van der Waals surface area (Å²) in [7, 11) is 2.02. The van der Waals surface area contributed by atoms with Gasteiger partial charge in [-0.2, -0.15) is 12.6 Å². The zero-order valence-corrected chi connectivity index (χ0v) is 13.6. The van der Waals surface area contributed by atoms with E-state index in [1.807, 2.05) is 7.05 Å². The molecule has 1 saturated heterocycles. The number of hydrogen-bond donors (Lipinski definition) is 2. The molecule has 2 amide bonds. The van der Waals surface area contributed by atoms with Crippen LogP contribution in [0.25, 0.3) is 0 Å². The summed E-state index contributed by atoms with van der Waals surface area (Å²) in [6.45, 7) is 8.39. The second-order valence-corrected chi connectivity index (χ2v) is 6.38. The molecule has 20 heavy (non-hydrogen) atoms. The average Bonchev–Trinajstić information content (AvgIpc) is 2.34. The predicted octanol–water partition coefficient (Wildman–Crippen LogP) is 0.583. The summed E-state index contributed by atoms with van der Waals surface area (Å²) in [4.78, 5) is 28.0. The average molecular weight is 303 g/mol. The summed E-state index contributed by atoms with van der Waals surface area (Å²) in [5.41, 5.74) is -0.581. The van der Waals surface area contributed by atoms with Crippen LogP contribution in [-0.2, 0) is 9.53 Å². The van der Waals surface area contributed by atoms with Crippen molar-refractivity contribution in [2.75, 3.05) is 39.0 Å². The lowest BCUT2D eigenvalue weighted by atomic mass is 10.2. The molecule has 1 rings (SSSR count). The summed E-state index contributed by atoms with van der Waals surface area (Å²) in [5, 5.41) is 2.59. The second-order valence-electron chi connectivity index (χ2n) is 6.01. The predicted molar refractivity (Wildman–Crippen MR) is 81.1 cm³/mol. The standard InChI is InChI=1S/C13H25N3O3S/c1-13(2,3)19-12(18)14-10(9-20)11(17)16-7-5-15(4)6-8-16/h10,20H,5-9H2,1-4H3,(H,14,18)/t10-/m0/s1. The van der Waals surface area contributed by atoms with Gasteiger partial charge in [-0.15, -0.1) is 0 Å². The first-order chi connectivity index (χ1) is 9.23. The van der Waals surface area contributed by atoms with Crippen molar-refractivity contribution in [1.82, 2.24) is 15.1 Å². The number of ether oxygens (including phenoxy) is 1. The number of nitrogens with one attached hydrogen (secondary N) is 1. The molecule has 0 saturated carbocycles. The zero-order chi connectivity index (χ0) is 15.3. The van der Waals surface area contributed by atoms with Crippen molar-refractivity contribution in [3.63, 3.8) is 0 Å². The van der Waals surface area contributed by atoms with Crippen LogP contribution in [0.3, 0.4) is 0 Å². The van der Waals surface area contributed by atoms with E-state index in [1.165, 1.54) is 0 Å². The van der Waals surface area contributed by atoms with E-state index in [0.29, 0.717) is 13.1 Å². The van der Waals surface area contributed by atoms with Crippen LogP contribution in [0.1, 0.15) is 20.8 Å². The Morgan fingerprint density at radius 2 is 1.80 bits per heavy atom. The van der Waals surface area contributed by atoms with Crippen molar-refractivity contribution in [3.8, 4) is 0 Å². The van der Waals surface area contributed by atoms with E-state index in [4.69, 9.17) is 4.74 Å². The van der Waals surface area contributed by atoms with Gasteiger partial charge in [0.15, 0.2) is 0 Å². The summed E-state index contributed by atoms with van der Waals surface area (Å²) < 4.78 is 5.16. The third-order valence-corrected chi connectivity index (χ3v) is 3.35. The fraction of sp³-hybridized carbons (Fsp3) is 0.846. The number of thiol groups is 1. The lowest BCUT2D eigenvalue weighted by Crippen LogP contribution is -2.55. The number of amides is 2. The van der Waals surface area contributed by atoms with Crippen LogP contribution < -0.4 is 5.32 Å². The first kappa shape index (κ1) is 17.1. The highest BCUT2D eigenvalue weighted by atomic mass is 32.1. The maximum atomic E-state index is 12.3. The van der Waals surface area contributed by atoms with Crippen LogP contribution in [0.15, 0.2) is 0 Å². The van der Waals surface area contributed by atoms with Crippen LogP contribution in [0.4, 0.5) is 4.79 Å². The molecule has 0 bridgehead atoms. The molecule has 6 nitrogen and oxygen atoms in total. The number of nitrogens with zero attached hydrogens (tertiary/aromatic N) is 2. The monoisotopic (exact) mass is 303 g/mol. The molecular weight excluding hydrogens is 278 g/mol. The summed E-state index contributed by atoms with van der Waals surface area (Å²) in [6, 6.07) is -0.642. The number of likely N-dealkylation sites (N-methyl/N-ethyl adjacent to an activating group) is 1. The SMILES string of the molecule is CN1CCN(C(=O)[C@H](CS)NC(=O)OC(C)(C)C)CC1. The number of alkyl carbamates (subject to hydrolysis) is 1. The molecule has 0 radical (unpaired) electrons. The molecule has 1 atom stereocenters. The molecule has 0 aromatic heterocycles. The first-order valence-electron chi connectivity index (χ1n) is 6.80. The van der Waals surface area contributed by atoms with Gasteiger partial charge in [-0.3, -0.25) is 4.79 Å². The Hall–Kier alpha value is -0.950. The molecule has 1 aliphatic rings. The topological polar surface area (TPSA) is 61.9 Å². The lowest BCUT2D eigenvalue weighted by Gasteiger charge is -2.34. The lowest BCUT2D eigenvalue weighted by molar-refractivity contribution is -0.134. The molecule has 0 spiro atoms. The third kappa shape index (κ3) is 5.58. The molecule has 116 valence electrons. The van der Waals surface area contributed by atoms with Crippen molar-refractivity contribution < 1.29 is 14.3 Å². The largest absolute Gasteiger partial charge is 0.444 e. The van der Waals surface area contributed by atoms with Crippen LogP contribution in [0, 0.1) is 0 Å². The quantitative estimate of drug-likeness (QED) is 0.749.